The Morgan fingerprint density at radius 2 is 1.84 bits per heavy atom. The minimum atomic E-state index is -0.973. The van der Waals surface area contributed by atoms with E-state index in [0.717, 1.165) is 36.3 Å². The number of fused-ring (bicyclic) bond motifs is 1. The molecule has 44 heavy (non-hydrogen) atoms. The molecule has 9 nitrogen and oxygen atoms in total. The molecule has 1 atom stereocenters. The first-order valence-electron chi connectivity index (χ1n) is 15.5. The van der Waals surface area contributed by atoms with Crippen molar-refractivity contribution in [1.29, 1.82) is 0 Å². The maximum absolute atomic E-state index is 13.4. The molecule has 9 heteroatoms. The van der Waals surface area contributed by atoms with E-state index >= 15 is 0 Å². The Kier molecular flexibility index (Phi) is 11.0. The number of piperidine rings is 1. The van der Waals surface area contributed by atoms with Crippen LogP contribution in [0.25, 0.3) is 5.65 Å². The first-order valence-corrected chi connectivity index (χ1v) is 15.5. The van der Waals surface area contributed by atoms with Gasteiger partial charge in [0.15, 0.2) is 11.8 Å². The monoisotopic (exact) mass is 604 g/mol. The predicted molar refractivity (Wildman–Crippen MR) is 173 cm³/mol. The van der Waals surface area contributed by atoms with Crippen LogP contribution in [0.3, 0.4) is 0 Å². The quantitative estimate of drug-likeness (QED) is 0.153. The minimum absolute atomic E-state index is 0.245. The van der Waals surface area contributed by atoms with Gasteiger partial charge >= 0.3 is 5.97 Å². The summed E-state index contributed by atoms with van der Waals surface area (Å²) in [6.07, 6.45) is 5.13. The fourth-order valence-electron chi connectivity index (χ4n) is 5.52. The molecule has 1 aliphatic heterocycles. The first kappa shape index (κ1) is 33.4. The molecule has 0 saturated carbocycles. The summed E-state index contributed by atoms with van der Waals surface area (Å²) in [6.45, 7) is 22.2. The highest BCUT2D eigenvalue weighted by atomic mass is 16.6. The average molecular weight is 605 g/mol. The standard InChI is InChI=1S/C35H48N4O5/c1-9-13-26-14-12-15-27(21-26)23-41-24-28-22-29-36-25(4)30(31(33(40)42-11-3)44-34(5,6)7)32(39(29)37-28)38-18-16-35(8,17-19-38)43-20-10-2/h9-10,12,14-15,21-22,31H,1-2,11,13,16-20,23-24H2,3-8H3/t31-/m0/s1. The second kappa shape index (κ2) is 14.5. The van der Waals surface area contributed by atoms with Gasteiger partial charge in [-0.1, -0.05) is 36.4 Å². The summed E-state index contributed by atoms with van der Waals surface area (Å²) in [5.74, 6) is 0.336. The molecule has 238 valence electrons. The maximum atomic E-state index is 13.4. The van der Waals surface area contributed by atoms with Gasteiger partial charge in [-0.3, -0.25) is 0 Å². The number of allylic oxidation sites excluding steroid dienone is 1. The molecule has 0 radical (unpaired) electrons. The highest BCUT2D eigenvalue weighted by Crippen LogP contribution is 2.38. The van der Waals surface area contributed by atoms with Gasteiger partial charge in [-0.05, 0) is 71.9 Å². The second-order valence-corrected chi connectivity index (χ2v) is 12.5. The molecule has 4 rings (SSSR count). The maximum Gasteiger partial charge on any atom is 0.340 e. The summed E-state index contributed by atoms with van der Waals surface area (Å²) < 4.78 is 26.0. The number of carbonyl (C=O) groups excluding carboxylic acids is 1. The van der Waals surface area contributed by atoms with Crippen LogP contribution < -0.4 is 4.90 Å². The first-order chi connectivity index (χ1) is 21.0. The van der Waals surface area contributed by atoms with E-state index in [1.165, 1.54) is 5.56 Å². The third-order valence-electron chi connectivity index (χ3n) is 7.65. The smallest absolute Gasteiger partial charge is 0.340 e. The van der Waals surface area contributed by atoms with Gasteiger partial charge in [0, 0.05) is 24.8 Å². The lowest BCUT2D eigenvalue weighted by Gasteiger charge is -2.41. The number of aryl methyl sites for hydroxylation is 1. The average Bonchev–Trinajstić information content (AvgIpc) is 3.37. The van der Waals surface area contributed by atoms with E-state index in [2.05, 4.69) is 43.2 Å². The molecular weight excluding hydrogens is 556 g/mol. The lowest BCUT2D eigenvalue weighted by molar-refractivity contribution is -0.166. The van der Waals surface area contributed by atoms with E-state index in [0.29, 0.717) is 49.8 Å². The minimum Gasteiger partial charge on any atom is -0.464 e. The van der Waals surface area contributed by atoms with Crippen molar-refractivity contribution in [2.75, 3.05) is 31.2 Å². The zero-order chi connectivity index (χ0) is 31.9. The van der Waals surface area contributed by atoms with E-state index in [-0.39, 0.29) is 12.2 Å². The molecule has 0 aliphatic carbocycles. The zero-order valence-electron chi connectivity index (χ0n) is 27.2. The predicted octanol–water partition coefficient (Wildman–Crippen LogP) is 6.46. The van der Waals surface area contributed by atoms with Crippen LogP contribution >= 0.6 is 0 Å². The molecule has 1 fully saturated rings. The van der Waals surface area contributed by atoms with Gasteiger partial charge < -0.3 is 23.8 Å². The Bertz CT molecular complexity index is 1450. The second-order valence-electron chi connectivity index (χ2n) is 12.5. The van der Waals surface area contributed by atoms with Crippen molar-refractivity contribution in [3.05, 3.63) is 83.7 Å². The summed E-state index contributed by atoms with van der Waals surface area (Å²) in [4.78, 5) is 20.6. The van der Waals surface area contributed by atoms with Crippen molar-refractivity contribution < 1.29 is 23.7 Å². The number of esters is 1. The van der Waals surface area contributed by atoms with Gasteiger partial charge in [-0.2, -0.15) is 9.61 Å². The largest absolute Gasteiger partial charge is 0.464 e. The molecule has 1 aromatic carbocycles. The molecule has 2 aromatic heterocycles. The molecule has 1 aliphatic rings. The van der Waals surface area contributed by atoms with Crippen molar-refractivity contribution in [3.8, 4) is 0 Å². The van der Waals surface area contributed by atoms with Crippen LogP contribution in [0, 0.1) is 6.92 Å². The summed E-state index contributed by atoms with van der Waals surface area (Å²) in [7, 11) is 0. The van der Waals surface area contributed by atoms with Crippen LogP contribution in [-0.2, 0) is 43.4 Å². The fraction of sp³-hybridized carbons (Fsp3) is 0.514. The van der Waals surface area contributed by atoms with E-state index in [9.17, 15) is 4.79 Å². The van der Waals surface area contributed by atoms with Crippen molar-refractivity contribution in [3.63, 3.8) is 0 Å². The van der Waals surface area contributed by atoms with E-state index < -0.39 is 17.7 Å². The van der Waals surface area contributed by atoms with Crippen LogP contribution in [0.15, 0.2) is 55.6 Å². The van der Waals surface area contributed by atoms with Crippen LogP contribution in [0.5, 0.6) is 0 Å². The van der Waals surface area contributed by atoms with Crippen LogP contribution in [0.2, 0.25) is 0 Å². The van der Waals surface area contributed by atoms with Crippen molar-refractivity contribution in [2.24, 2.45) is 0 Å². The van der Waals surface area contributed by atoms with Gasteiger partial charge in [0.1, 0.15) is 5.82 Å². The highest BCUT2D eigenvalue weighted by Gasteiger charge is 2.38. The Balaban J connectivity index is 1.71. The third kappa shape index (κ3) is 8.34. The molecule has 0 bridgehead atoms. The summed E-state index contributed by atoms with van der Waals surface area (Å²) in [5.41, 5.74) is 4.21. The molecule has 0 N–H and O–H groups in total. The number of aromatic nitrogens is 3. The SMILES string of the molecule is C=CCOC1(C)CCN(c2c([C@H](OC(C)(C)C)C(=O)OCC)c(C)nc3cc(COCc4cccc(CC=C)c4)nn23)CC1. The van der Waals surface area contributed by atoms with Crippen molar-refractivity contribution in [2.45, 2.75) is 91.3 Å². The van der Waals surface area contributed by atoms with Crippen molar-refractivity contribution >= 4 is 17.4 Å². The molecule has 0 unspecified atom stereocenters. The summed E-state index contributed by atoms with van der Waals surface area (Å²) in [6, 6.07) is 10.3. The number of ether oxygens (including phenoxy) is 4. The summed E-state index contributed by atoms with van der Waals surface area (Å²) >= 11 is 0. The molecular formula is C35H48N4O5. The number of carbonyl (C=O) groups is 1. The van der Waals surface area contributed by atoms with Gasteiger partial charge in [-0.25, -0.2) is 9.78 Å². The lowest BCUT2D eigenvalue weighted by atomic mass is 9.92. The van der Waals surface area contributed by atoms with E-state index in [4.69, 9.17) is 29.0 Å². The lowest BCUT2D eigenvalue weighted by Crippen LogP contribution is -2.45. The van der Waals surface area contributed by atoms with E-state index in [1.807, 2.05) is 50.4 Å². The van der Waals surface area contributed by atoms with Gasteiger partial charge in [0.25, 0.3) is 0 Å². The normalized spacial score (nSPS) is 15.7. The fourth-order valence-corrected chi connectivity index (χ4v) is 5.52. The topological polar surface area (TPSA) is 87.4 Å². The number of hydrogen-bond acceptors (Lipinski definition) is 8. The molecule has 1 saturated heterocycles. The number of anilines is 1. The van der Waals surface area contributed by atoms with E-state index in [1.54, 1.807) is 13.0 Å². The zero-order valence-corrected chi connectivity index (χ0v) is 27.2. The van der Waals surface area contributed by atoms with Crippen LogP contribution in [0.1, 0.15) is 81.6 Å². The Hall–Kier alpha value is -3.53. The van der Waals surface area contributed by atoms with Crippen molar-refractivity contribution in [1.82, 2.24) is 14.6 Å². The number of benzene rings is 1. The number of nitrogens with zero attached hydrogens (tertiary/aromatic N) is 4. The summed E-state index contributed by atoms with van der Waals surface area (Å²) in [5, 5.41) is 4.96. The highest BCUT2D eigenvalue weighted by molar-refractivity contribution is 5.80. The Morgan fingerprint density at radius 3 is 2.50 bits per heavy atom. The Labute approximate surface area is 261 Å². The Morgan fingerprint density at radius 1 is 1.11 bits per heavy atom. The van der Waals surface area contributed by atoms with Crippen LogP contribution in [0.4, 0.5) is 5.82 Å². The third-order valence-corrected chi connectivity index (χ3v) is 7.65. The number of rotatable bonds is 14. The van der Waals surface area contributed by atoms with Crippen LogP contribution in [-0.4, -0.2) is 58.1 Å². The molecule has 3 aromatic rings. The number of hydrogen-bond donors (Lipinski definition) is 0. The van der Waals surface area contributed by atoms with Gasteiger partial charge in [0.2, 0.25) is 0 Å². The van der Waals surface area contributed by atoms with Gasteiger partial charge in [-0.15, -0.1) is 13.2 Å². The molecule has 0 spiro atoms. The molecule has 3 heterocycles. The van der Waals surface area contributed by atoms with Gasteiger partial charge in [0.05, 0.1) is 48.9 Å². The molecule has 0 amide bonds.